The summed E-state index contributed by atoms with van der Waals surface area (Å²) in [5.74, 6) is 0.820. The monoisotopic (exact) mass is 580 g/mol. The van der Waals surface area contributed by atoms with Crippen molar-refractivity contribution in [2.75, 3.05) is 57.6 Å². The summed E-state index contributed by atoms with van der Waals surface area (Å²) >= 11 is 0. The number of hydrogen-bond acceptors (Lipinski definition) is 7. The van der Waals surface area contributed by atoms with Gasteiger partial charge in [-0.05, 0) is 44.9 Å². The van der Waals surface area contributed by atoms with E-state index in [4.69, 9.17) is 20.4 Å². The summed E-state index contributed by atoms with van der Waals surface area (Å²) in [6.45, 7) is 8.39. The molecule has 0 saturated carbocycles. The van der Waals surface area contributed by atoms with Crippen molar-refractivity contribution in [1.82, 2.24) is 19.4 Å². The first-order valence-electron chi connectivity index (χ1n) is 15.3. The van der Waals surface area contributed by atoms with Crippen LogP contribution in [0, 0.1) is 0 Å². The van der Waals surface area contributed by atoms with Gasteiger partial charge in [0.1, 0.15) is 28.9 Å². The molecule has 2 aromatic carbocycles. The van der Waals surface area contributed by atoms with Crippen LogP contribution in [-0.4, -0.2) is 68.2 Å². The maximum absolute atomic E-state index is 12.8. The standard InChI is InChI=1S/C34H41N7O2/c1-6-22-9-8-10-23(7-2)31(22)41(4)21-27(33(35)42)26-13-11-24-20-36-34(38-30(24)32(26)41)37-28-14-12-25(19-29(28)43-5)40-17-15-39(3)16-18-40/h8-10,12,14,19-21H,6-7,11,13,15-18H2,1-5H3,(H2-,35,36,37,38,42)/p+1. The molecule has 0 bridgehead atoms. The zero-order valence-corrected chi connectivity index (χ0v) is 25.9. The van der Waals surface area contributed by atoms with Crippen LogP contribution in [0.1, 0.15) is 42.7 Å². The number of carbonyl (C=O) groups is 1. The minimum absolute atomic E-state index is 0.354. The number of benzene rings is 2. The average Bonchev–Trinajstić information content (AvgIpc) is 3.35. The van der Waals surface area contributed by atoms with Crippen molar-refractivity contribution in [3.8, 4) is 5.75 Å². The van der Waals surface area contributed by atoms with Crippen LogP contribution in [0.25, 0.3) is 5.70 Å². The lowest BCUT2D eigenvalue weighted by molar-refractivity contribution is -0.114. The summed E-state index contributed by atoms with van der Waals surface area (Å²) < 4.78 is 6.16. The molecule has 0 spiro atoms. The van der Waals surface area contributed by atoms with Crippen LogP contribution in [0.4, 0.5) is 23.0 Å². The molecule has 1 saturated heterocycles. The van der Waals surface area contributed by atoms with Crippen molar-refractivity contribution in [3.05, 3.63) is 82.3 Å². The van der Waals surface area contributed by atoms with Gasteiger partial charge in [0, 0.05) is 66.4 Å². The fourth-order valence-electron chi connectivity index (χ4n) is 6.90. The van der Waals surface area contributed by atoms with E-state index in [1.54, 1.807) is 7.11 Å². The third-order valence-electron chi connectivity index (χ3n) is 9.19. The lowest BCUT2D eigenvalue weighted by Gasteiger charge is -2.34. The number of methoxy groups -OCH3 is 1. The quantitative estimate of drug-likeness (QED) is 0.370. The largest absolute Gasteiger partial charge is 0.494 e. The maximum Gasteiger partial charge on any atom is 0.254 e. The van der Waals surface area contributed by atoms with Gasteiger partial charge in [0.15, 0.2) is 5.70 Å². The van der Waals surface area contributed by atoms with E-state index in [1.807, 2.05) is 18.5 Å². The highest BCUT2D eigenvalue weighted by Gasteiger charge is 2.47. The lowest BCUT2D eigenvalue weighted by Crippen LogP contribution is -2.44. The molecule has 224 valence electrons. The number of primary amides is 1. The molecule has 43 heavy (non-hydrogen) atoms. The molecule has 1 fully saturated rings. The number of nitrogens with zero attached hydrogens (tertiary/aromatic N) is 5. The number of amides is 1. The second kappa shape index (κ2) is 11.5. The van der Waals surface area contributed by atoms with Crippen LogP contribution >= 0.6 is 0 Å². The summed E-state index contributed by atoms with van der Waals surface area (Å²) in [5.41, 5.74) is 16.1. The minimum Gasteiger partial charge on any atom is -0.494 e. The maximum atomic E-state index is 12.8. The van der Waals surface area contributed by atoms with E-state index in [1.165, 1.54) is 16.8 Å². The highest BCUT2D eigenvalue weighted by atomic mass is 16.5. The van der Waals surface area contributed by atoms with Gasteiger partial charge in [-0.25, -0.2) is 14.5 Å². The Kier molecular flexibility index (Phi) is 7.70. The van der Waals surface area contributed by atoms with Crippen LogP contribution in [0.3, 0.4) is 0 Å². The Hall–Kier alpha value is -4.21. The van der Waals surface area contributed by atoms with Crippen molar-refractivity contribution >= 4 is 34.6 Å². The molecular formula is C34H42N7O2+. The first-order valence-corrected chi connectivity index (χ1v) is 15.3. The Bertz CT molecular complexity index is 1620. The van der Waals surface area contributed by atoms with Gasteiger partial charge in [-0.15, -0.1) is 0 Å². The van der Waals surface area contributed by atoms with Gasteiger partial charge in [-0.2, -0.15) is 0 Å². The SMILES string of the molecule is CCc1cccc(CC)c1[N+]1(C)C=C(C(N)=O)C2=C1c1nc(Nc3ccc(N4CCN(C)CC4)cc3OC)ncc1CC2. The highest BCUT2D eigenvalue weighted by molar-refractivity contribution is 6.04. The summed E-state index contributed by atoms with van der Waals surface area (Å²) in [6, 6.07) is 12.7. The Morgan fingerprint density at radius 3 is 2.44 bits per heavy atom. The molecule has 3 heterocycles. The predicted octanol–water partition coefficient (Wildman–Crippen LogP) is 4.78. The number of para-hydroxylation sites is 1. The van der Waals surface area contributed by atoms with Crippen molar-refractivity contribution in [3.63, 3.8) is 0 Å². The zero-order valence-electron chi connectivity index (χ0n) is 25.9. The van der Waals surface area contributed by atoms with Crippen molar-refractivity contribution < 1.29 is 9.53 Å². The van der Waals surface area contributed by atoms with Gasteiger partial charge >= 0.3 is 0 Å². The molecule has 6 rings (SSSR count). The number of ether oxygens (including phenoxy) is 1. The van der Waals surface area contributed by atoms with E-state index in [0.29, 0.717) is 16.0 Å². The molecule has 3 aliphatic rings. The predicted molar refractivity (Wildman–Crippen MR) is 173 cm³/mol. The Balaban J connectivity index is 1.41. The van der Waals surface area contributed by atoms with Crippen LogP contribution in [0.15, 0.2) is 59.9 Å². The molecule has 9 heteroatoms. The van der Waals surface area contributed by atoms with Crippen molar-refractivity contribution in [1.29, 1.82) is 0 Å². The minimum atomic E-state index is -0.401. The van der Waals surface area contributed by atoms with E-state index >= 15 is 0 Å². The second-order valence-electron chi connectivity index (χ2n) is 11.8. The smallest absolute Gasteiger partial charge is 0.254 e. The molecule has 0 radical (unpaired) electrons. The summed E-state index contributed by atoms with van der Waals surface area (Å²) in [5, 5.41) is 3.42. The average molecular weight is 581 g/mol. The topological polar surface area (TPSA) is 96.6 Å². The normalized spacial score (nSPS) is 20.0. The van der Waals surface area contributed by atoms with Gasteiger partial charge < -0.3 is 25.6 Å². The first kappa shape index (κ1) is 28.9. The second-order valence-corrected chi connectivity index (χ2v) is 11.8. The van der Waals surface area contributed by atoms with Gasteiger partial charge in [0.25, 0.3) is 5.91 Å². The van der Waals surface area contributed by atoms with Gasteiger partial charge in [-0.1, -0.05) is 32.0 Å². The molecule has 3 N–H and O–H groups in total. The summed E-state index contributed by atoms with van der Waals surface area (Å²) in [7, 11) is 6.00. The Labute approximate surface area is 254 Å². The molecule has 1 amide bonds. The van der Waals surface area contributed by atoms with E-state index in [0.717, 1.165) is 91.5 Å². The van der Waals surface area contributed by atoms with Crippen LogP contribution in [0.5, 0.6) is 5.75 Å². The molecule has 1 unspecified atom stereocenters. The molecule has 3 aromatic rings. The number of aryl methyl sites for hydroxylation is 3. The van der Waals surface area contributed by atoms with E-state index < -0.39 is 5.91 Å². The third-order valence-corrected chi connectivity index (χ3v) is 9.19. The molecular weight excluding hydrogens is 538 g/mol. The lowest BCUT2D eigenvalue weighted by atomic mass is 9.90. The summed E-state index contributed by atoms with van der Waals surface area (Å²) in [4.78, 5) is 27.3. The number of carbonyl (C=O) groups excluding carboxylic acids is 1. The molecule has 1 aliphatic carbocycles. The number of hydrogen-bond donors (Lipinski definition) is 2. The Morgan fingerprint density at radius 2 is 1.79 bits per heavy atom. The van der Waals surface area contributed by atoms with E-state index in [-0.39, 0.29) is 0 Å². The molecule has 1 aromatic heterocycles. The summed E-state index contributed by atoms with van der Waals surface area (Å²) in [6.07, 6.45) is 7.18. The fourth-order valence-corrected chi connectivity index (χ4v) is 6.90. The number of likely N-dealkylation sites (N-methyl/N-ethyl adjacent to an activating group) is 1. The number of nitrogens with one attached hydrogen (secondary N) is 1. The fraction of sp³-hybridized carbons (Fsp3) is 0.382. The van der Waals surface area contributed by atoms with Gasteiger partial charge in [0.2, 0.25) is 5.95 Å². The number of fused-ring (bicyclic) bond motifs is 2. The molecule has 9 nitrogen and oxygen atoms in total. The van der Waals surface area contributed by atoms with Crippen LogP contribution in [0.2, 0.25) is 0 Å². The Morgan fingerprint density at radius 1 is 1.07 bits per heavy atom. The van der Waals surface area contributed by atoms with Crippen molar-refractivity contribution in [2.24, 2.45) is 5.73 Å². The van der Waals surface area contributed by atoms with Crippen molar-refractivity contribution in [2.45, 2.75) is 39.5 Å². The number of nitrogens with two attached hydrogens (primary N) is 1. The van der Waals surface area contributed by atoms with Gasteiger partial charge in [-0.3, -0.25) is 4.79 Å². The van der Waals surface area contributed by atoms with Crippen LogP contribution in [-0.2, 0) is 24.1 Å². The van der Waals surface area contributed by atoms with Crippen LogP contribution < -0.4 is 25.2 Å². The number of aromatic nitrogens is 2. The number of piperazine rings is 1. The molecule has 2 aliphatic heterocycles. The van der Waals surface area contributed by atoms with Gasteiger partial charge in [0.05, 0.1) is 19.8 Å². The first-order chi connectivity index (χ1) is 20.8. The highest BCUT2D eigenvalue weighted by Crippen LogP contribution is 2.50. The zero-order chi connectivity index (χ0) is 30.3. The van der Waals surface area contributed by atoms with E-state index in [9.17, 15) is 4.79 Å². The molecule has 1 atom stereocenters. The number of anilines is 3. The van der Waals surface area contributed by atoms with E-state index in [2.05, 4.69) is 73.4 Å². The third kappa shape index (κ3) is 5.06. The number of rotatable bonds is 8. The number of quaternary nitrogens is 1.